The minimum Gasteiger partial charge on any atom is -0.492 e. The first-order chi connectivity index (χ1) is 13.6. The summed E-state index contributed by atoms with van der Waals surface area (Å²) in [7, 11) is 0. The number of piperazine rings is 1. The molecule has 2 aromatic carbocycles. The number of benzene rings is 2. The Balaban J connectivity index is 1.33. The van der Waals surface area contributed by atoms with Gasteiger partial charge in [-0.2, -0.15) is 0 Å². The fourth-order valence-corrected chi connectivity index (χ4v) is 3.35. The number of hydrogen-bond acceptors (Lipinski definition) is 4. The van der Waals surface area contributed by atoms with Crippen molar-refractivity contribution in [3.63, 3.8) is 0 Å². The van der Waals surface area contributed by atoms with Crippen molar-refractivity contribution >= 4 is 23.2 Å². The number of aryl methyl sites for hydroxylation is 1. The zero-order valence-corrected chi connectivity index (χ0v) is 17.1. The van der Waals surface area contributed by atoms with Crippen molar-refractivity contribution in [2.75, 3.05) is 51.2 Å². The molecule has 0 spiro atoms. The van der Waals surface area contributed by atoms with E-state index in [1.807, 2.05) is 36.4 Å². The van der Waals surface area contributed by atoms with Crippen molar-refractivity contribution < 1.29 is 9.53 Å². The van der Waals surface area contributed by atoms with E-state index in [1.54, 1.807) is 0 Å². The van der Waals surface area contributed by atoms with Crippen LogP contribution >= 0.6 is 11.6 Å². The fourth-order valence-electron chi connectivity index (χ4n) is 3.22. The minimum absolute atomic E-state index is 0.0452. The summed E-state index contributed by atoms with van der Waals surface area (Å²) in [5.41, 5.74) is 2.13. The van der Waals surface area contributed by atoms with E-state index in [9.17, 15) is 4.79 Å². The van der Waals surface area contributed by atoms with Crippen LogP contribution in [0, 0.1) is 0 Å². The van der Waals surface area contributed by atoms with Gasteiger partial charge in [0, 0.05) is 43.4 Å². The molecule has 0 aliphatic carbocycles. The molecule has 2 aromatic rings. The van der Waals surface area contributed by atoms with Crippen LogP contribution < -0.4 is 10.1 Å². The van der Waals surface area contributed by atoms with E-state index in [1.165, 1.54) is 5.56 Å². The van der Waals surface area contributed by atoms with Crippen molar-refractivity contribution in [3.8, 4) is 5.75 Å². The highest BCUT2D eigenvalue weighted by Gasteiger charge is 2.18. The maximum Gasteiger partial charge on any atom is 0.238 e. The van der Waals surface area contributed by atoms with Gasteiger partial charge in [-0.15, -0.1) is 0 Å². The van der Waals surface area contributed by atoms with Crippen molar-refractivity contribution in [1.29, 1.82) is 0 Å². The molecule has 0 saturated carbocycles. The van der Waals surface area contributed by atoms with Crippen molar-refractivity contribution in [2.45, 2.75) is 13.3 Å². The van der Waals surface area contributed by atoms with Gasteiger partial charge in [0.1, 0.15) is 12.4 Å². The van der Waals surface area contributed by atoms with E-state index >= 15 is 0 Å². The molecule has 5 nitrogen and oxygen atoms in total. The number of nitrogens with zero attached hydrogens (tertiary/aromatic N) is 2. The normalized spacial score (nSPS) is 15.4. The summed E-state index contributed by atoms with van der Waals surface area (Å²) in [5.74, 6) is 0.885. The van der Waals surface area contributed by atoms with Gasteiger partial charge in [0.2, 0.25) is 5.91 Å². The molecule has 0 atom stereocenters. The third kappa shape index (κ3) is 6.51. The van der Waals surface area contributed by atoms with Gasteiger partial charge in [-0.1, -0.05) is 30.7 Å². The van der Waals surface area contributed by atoms with Crippen LogP contribution in [0.15, 0.2) is 48.5 Å². The summed E-state index contributed by atoms with van der Waals surface area (Å²) in [5, 5.41) is 3.70. The number of anilines is 1. The summed E-state index contributed by atoms with van der Waals surface area (Å²) in [6, 6.07) is 15.5. The summed E-state index contributed by atoms with van der Waals surface area (Å²) in [4.78, 5) is 16.8. The van der Waals surface area contributed by atoms with Crippen LogP contribution in [0.3, 0.4) is 0 Å². The van der Waals surface area contributed by atoms with Crippen LogP contribution in [0.5, 0.6) is 5.75 Å². The van der Waals surface area contributed by atoms with Crippen LogP contribution in [-0.4, -0.2) is 61.6 Å². The van der Waals surface area contributed by atoms with Crippen LogP contribution in [-0.2, 0) is 11.2 Å². The average molecular weight is 402 g/mol. The Labute approximate surface area is 172 Å². The Hall–Kier alpha value is -2.08. The molecule has 1 fully saturated rings. The number of nitrogens with one attached hydrogen (secondary N) is 1. The first kappa shape index (κ1) is 20.6. The second-order valence-electron chi connectivity index (χ2n) is 7.02. The summed E-state index contributed by atoms with van der Waals surface area (Å²) < 4.78 is 5.76. The molecule has 0 radical (unpaired) electrons. The number of hydrogen-bond donors (Lipinski definition) is 1. The predicted octanol–water partition coefficient (Wildman–Crippen LogP) is 3.54. The molecule has 6 heteroatoms. The molecule has 28 heavy (non-hydrogen) atoms. The molecule has 1 saturated heterocycles. The van der Waals surface area contributed by atoms with Gasteiger partial charge in [-0.05, 0) is 48.4 Å². The lowest BCUT2D eigenvalue weighted by molar-refractivity contribution is -0.117. The lowest BCUT2D eigenvalue weighted by Crippen LogP contribution is -2.49. The lowest BCUT2D eigenvalue weighted by Gasteiger charge is -2.34. The maximum atomic E-state index is 12.3. The highest BCUT2D eigenvalue weighted by atomic mass is 35.5. The molecular formula is C22H28ClN3O2. The highest BCUT2D eigenvalue weighted by Crippen LogP contribution is 2.15. The molecule has 1 heterocycles. The summed E-state index contributed by atoms with van der Waals surface area (Å²) >= 11 is 5.88. The van der Waals surface area contributed by atoms with Crippen molar-refractivity contribution in [2.24, 2.45) is 0 Å². The standard InChI is InChI=1S/C22H28ClN3O2/c1-2-18-3-7-20(8-4-18)24-22(27)17-26-13-11-25(12-14-26)15-16-28-21-9-5-19(23)6-10-21/h3-10H,2,11-17H2,1H3,(H,24,27). The molecular weight excluding hydrogens is 374 g/mol. The topological polar surface area (TPSA) is 44.8 Å². The quantitative estimate of drug-likeness (QED) is 0.734. The number of carbonyl (C=O) groups is 1. The van der Waals surface area contributed by atoms with Gasteiger partial charge in [0.15, 0.2) is 0 Å². The molecule has 0 unspecified atom stereocenters. The third-order valence-corrected chi connectivity index (χ3v) is 5.22. The number of halogens is 1. The van der Waals surface area contributed by atoms with Crippen molar-refractivity contribution in [3.05, 3.63) is 59.1 Å². The molecule has 1 aliphatic heterocycles. The molecule has 150 valence electrons. The third-order valence-electron chi connectivity index (χ3n) is 4.97. The number of amides is 1. The van der Waals surface area contributed by atoms with E-state index in [4.69, 9.17) is 16.3 Å². The van der Waals surface area contributed by atoms with E-state index < -0.39 is 0 Å². The Bertz CT molecular complexity index is 741. The van der Waals surface area contributed by atoms with Gasteiger partial charge >= 0.3 is 0 Å². The second-order valence-corrected chi connectivity index (χ2v) is 7.46. The maximum absolute atomic E-state index is 12.3. The Morgan fingerprint density at radius 1 is 1.00 bits per heavy atom. The zero-order chi connectivity index (χ0) is 19.8. The SMILES string of the molecule is CCc1ccc(NC(=O)CN2CCN(CCOc3ccc(Cl)cc3)CC2)cc1. The van der Waals surface area contributed by atoms with Gasteiger partial charge < -0.3 is 10.1 Å². The fraction of sp³-hybridized carbons (Fsp3) is 0.409. The van der Waals surface area contributed by atoms with Crippen LogP contribution in [0.25, 0.3) is 0 Å². The Kier molecular flexibility index (Phi) is 7.71. The number of ether oxygens (including phenoxy) is 1. The van der Waals surface area contributed by atoms with Gasteiger partial charge in [0.05, 0.1) is 6.54 Å². The molecule has 3 rings (SSSR count). The van der Waals surface area contributed by atoms with Crippen LogP contribution in [0.1, 0.15) is 12.5 Å². The van der Waals surface area contributed by atoms with E-state index in [0.717, 1.165) is 50.6 Å². The Morgan fingerprint density at radius 2 is 1.64 bits per heavy atom. The zero-order valence-electron chi connectivity index (χ0n) is 16.4. The first-order valence-electron chi connectivity index (χ1n) is 9.84. The largest absolute Gasteiger partial charge is 0.492 e. The summed E-state index contributed by atoms with van der Waals surface area (Å²) in [6.45, 7) is 7.77. The molecule has 1 amide bonds. The monoisotopic (exact) mass is 401 g/mol. The highest BCUT2D eigenvalue weighted by molar-refractivity contribution is 6.30. The first-order valence-corrected chi connectivity index (χ1v) is 10.2. The number of rotatable bonds is 8. The van der Waals surface area contributed by atoms with E-state index in [0.29, 0.717) is 18.2 Å². The summed E-state index contributed by atoms with van der Waals surface area (Å²) in [6.07, 6.45) is 1.00. The van der Waals surface area contributed by atoms with E-state index in [-0.39, 0.29) is 5.91 Å². The molecule has 1 N–H and O–H groups in total. The van der Waals surface area contributed by atoms with Crippen molar-refractivity contribution in [1.82, 2.24) is 9.80 Å². The predicted molar refractivity (Wildman–Crippen MR) is 114 cm³/mol. The number of carbonyl (C=O) groups excluding carboxylic acids is 1. The van der Waals surface area contributed by atoms with Crippen LogP contribution in [0.4, 0.5) is 5.69 Å². The van der Waals surface area contributed by atoms with Crippen LogP contribution in [0.2, 0.25) is 5.02 Å². The average Bonchev–Trinajstić information content (AvgIpc) is 2.71. The second kappa shape index (κ2) is 10.5. The van der Waals surface area contributed by atoms with Gasteiger partial charge in [-0.25, -0.2) is 0 Å². The minimum atomic E-state index is 0.0452. The lowest BCUT2D eigenvalue weighted by atomic mass is 10.1. The molecule has 0 aromatic heterocycles. The Morgan fingerprint density at radius 3 is 2.29 bits per heavy atom. The van der Waals surface area contributed by atoms with Gasteiger partial charge in [0.25, 0.3) is 0 Å². The van der Waals surface area contributed by atoms with Gasteiger partial charge in [-0.3, -0.25) is 14.6 Å². The molecule has 0 bridgehead atoms. The smallest absolute Gasteiger partial charge is 0.238 e. The molecule has 1 aliphatic rings. The van der Waals surface area contributed by atoms with E-state index in [2.05, 4.69) is 34.2 Å².